The van der Waals surface area contributed by atoms with Gasteiger partial charge in [0.25, 0.3) is 0 Å². The summed E-state index contributed by atoms with van der Waals surface area (Å²) in [5, 5.41) is 3.29. The summed E-state index contributed by atoms with van der Waals surface area (Å²) in [6, 6.07) is 13.4. The largest absolute Gasteiger partial charge is 0.462 e. The molecule has 8 heteroatoms. The number of nitrogens with zero attached hydrogens (tertiary/aromatic N) is 2. The van der Waals surface area contributed by atoms with E-state index in [1.807, 2.05) is 12.1 Å². The predicted molar refractivity (Wildman–Crippen MR) is 129 cm³/mol. The summed E-state index contributed by atoms with van der Waals surface area (Å²) < 4.78 is 11.7. The van der Waals surface area contributed by atoms with E-state index < -0.39 is 0 Å². The third kappa shape index (κ3) is 5.46. The molecule has 170 valence electrons. The number of aromatic nitrogens is 2. The monoisotopic (exact) mass is 463 g/mol. The summed E-state index contributed by atoms with van der Waals surface area (Å²) in [6.45, 7) is 6.39. The van der Waals surface area contributed by atoms with Gasteiger partial charge in [-0.15, -0.1) is 0 Å². The second-order valence-electron chi connectivity index (χ2n) is 7.87. The SMILES string of the molecule is CCOC(=O)c1ccc2nc(NC(=O)CCc3ncc(-c4ccc(C(C)C)cc4)o3)sc2c1. The number of hydrogen-bond acceptors (Lipinski definition) is 7. The molecular weight excluding hydrogens is 438 g/mol. The number of benzene rings is 2. The molecule has 0 radical (unpaired) electrons. The Kier molecular flexibility index (Phi) is 6.84. The van der Waals surface area contributed by atoms with Crippen LogP contribution in [-0.2, 0) is 16.0 Å². The number of oxazole rings is 1. The average molecular weight is 464 g/mol. The molecule has 0 aliphatic carbocycles. The molecule has 0 saturated carbocycles. The van der Waals surface area contributed by atoms with Gasteiger partial charge in [-0.05, 0) is 36.6 Å². The minimum atomic E-state index is -0.375. The molecule has 4 rings (SSSR count). The van der Waals surface area contributed by atoms with E-state index in [1.54, 1.807) is 31.3 Å². The number of thiazole rings is 1. The Hall–Kier alpha value is -3.52. The van der Waals surface area contributed by atoms with Gasteiger partial charge < -0.3 is 14.5 Å². The Morgan fingerprint density at radius 1 is 1.15 bits per heavy atom. The van der Waals surface area contributed by atoms with Crippen LogP contribution in [-0.4, -0.2) is 28.5 Å². The number of nitrogens with one attached hydrogen (secondary N) is 1. The van der Waals surface area contributed by atoms with Crippen molar-refractivity contribution in [1.82, 2.24) is 9.97 Å². The maximum absolute atomic E-state index is 12.4. The lowest BCUT2D eigenvalue weighted by molar-refractivity contribution is -0.116. The highest BCUT2D eigenvalue weighted by Gasteiger charge is 2.13. The Balaban J connectivity index is 1.35. The molecule has 0 aliphatic rings. The predicted octanol–water partition coefficient (Wildman–Crippen LogP) is 5.82. The van der Waals surface area contributed by atoms with Crippen molar-refractivity contribution in [3.05, 3.63) is 65.7 Å². The first-order valence-corrected chi connectivity index (χ1v) is 11.7. The molecule has 33 heavy (non-hydrogen) atoms. The van der Waals surface area contributed by atoms with Gasteiger partial charge in [0.15, 0.2) is 16.8 Å². The van der Waals surface area contributed by atoms with Crippen LogP contribution in [0.4, 0.5) is 5.13 Å². The number of hydrogen-bond donors (Lipinski definition) is 1. The van der Waals surface area contributed by atoms with Crippen LogP contribution < -0.4 is 5.32 Å². The van der Waals surface area contributed by atoms with Crippen LogP contribution in [0.1, 0.15) is 54.9 Å². The normalized spacial score (nSPS) is 11.2. The zero-order chi connectivity index (χ0) is 23.4. The molecule has 2 aromatic carbocycles. The number of carbonyl (C=O) groups excluding carboxylic acids is 2. The number of esters is 1. The highest BCUT2D eigenvalue weighted by molar-refractivity contribution is 7.22. The molecule has 0 bridgehead atoms. The molecule has 0 unspecified atom stereocenters. The standard InChI is InChI=1S/C25H25N3O4S/c1-4-31-24(30)18-9-10-19-21(13-18)33-25(27-19)28-22(29)11-12-23-26-14-20(32-23)17-7-5-16(6-8-17)15(2)3/h5-10,13-15H,4,11-12H2,1-3H3,(H,27,28,29). The average Bonchev–Trinajstić information content (AvgIpc) is 3.44. The lowest BCUT2D eigenvalue weighted by Gasteiger charge is -2.05. The van der Waals surface area contributed by atoms with Crippen LogP contribution in [0.25, 0.3) is 21.5 Å². The van der Waals surface area contributed by atoms with Crippen molar-refractivity contribution in [2.45, 2.75) is 39.5 Å². The second kappa shape index (κ2) is 9.95. The molecule has 0 saturated heterocycles. The van der Waals surface area contributed by atoms with Crippen LogP contribution in [0.15, 0.2) is 53.1 Å². The van der Waals surface area contributed by atoms with E-state index in [4.69, 9.17) is 9.15 Å². The van der Waals surface area contributed by atoms with E-state index in [0.717, 1.165) is 10.3 Å². The van der Waals surface area contributed by atoms with Gasteiger partial charge in [-0.3, -0.25) is 4.79 Å². The highest BCUT2D eigenvalue weighted by Crippen LogP contribution is 2.28. The zero-order valence-corrected chi connectivity index (χ0v) is 19.6. The molecule has 1 amide bonds. The van der Waals surface area contributed by atoms with Crippen molar-refractivity contribution in [3.8, 4) is 11.3 Å². The van der Waals surface area contributed by atoms with E-state index in [-0.39, 0.29) is 18.3 Å². The van der Waals surface area contributed by atoms with Gasteiger partial charge in [0, 0.05) is 18.4 Å². The maximum atomic E-state index is 12.4. The molecule has 7 nitrogen and oxygen atoms in total. The molecule has 0 aliphatic heterocycles. The van der Waals surface area contributed by atoms with Gasteiger partial charge in [-0.1, -0.05) is 49.4 Å². The van der Waals surface area contributed by atoms with Gasteiger partial charge in [0.1, 0.15) is 0 Å². The van der Waals surface area contributed by atoms with E-state index in [2.05, 4.69) is 41.3 Å². The number of fused-ring (bicyclic) bond motifs is 1. The van der Waals surface area contributed by atoms with E-state index in [1.165, 1.54) is 16.9 Å². The van der Waals surface area contributed by atoms with Crippen molar-refractivity contribution in [3.63, 3.8) is 0 Å². The van der Waals surface area contributed by atoms with Gasteiger partial charge in [0.05, 0.1) is 28.6 Å². The van der Waals surface area contributed by atoms with Gasteiger partial charge in [-0.25, -0.2) is 14.8 Å². The summed E-state index contributed by atoms with van der Waals surface area (Å²) in [5.41, 5.74) is 3.40. The molecule has 4 aromatic rings. The Morgan fingerprint density at radius 2 is 1.94 bits per heavy atom. The number of carbonyl (C=O) groups is 2. The van der Waals surface area contributed by atoms with Gasteiger partial charge in [-0.2, -0.15) is 0 Å². The van der Waals surface area contributed by atoms with Gasteiger partial charge >= 0.3 is 5.97 Å². The fraction of sp³-hybridized carbons (Fsp3) is 0.280. The van der Waals surface area contributed by atoms with Crippen LogP contribution in [0.5, 0.6) is 0 Å². The fourth-order valence-corrected chi connectivity index (χ4v) is 4.23. The lowest BCUT2D eigenvalue weighted by atomic mass is 10.0. The van der Waals surface area contributed by atoms with Crippen molar-refractivity contribution in [2.75, 3.05) is 11.9 Å². The molecule has 2 heterocycles. The van der Waals surface area contributed by atoms with Crippen LogP contribution in [0, 0.1) is 0 Å². The van der Waals surface area contributed by atoms with Crippen LogP contribution in [0.2, 0.25) is 0 Å². The number of aryl methyl sites for hydroxylation is 1. The first-order chi connectivity index (χ1) is 15.9. The van der Waals surface area contributed by atoms with Crippen molar-refractivity contribution < 1.29 is 18.7 Å². The minimum Gasteiger partial charge on any atom is -0.462 e. The fourth-order valence-electron chi connectivity index (χ4n) is 3.31. The summed E-state index contributed by atoms with van der Waals surface area (Å²) in [7, 11) is 0. The molecule has 2 aromatic heterocycles. The molecular formula is C25H25N3O4S. The van der Waals surface area contributed by atoms with Crippen LogP contribution >= 0.6 is 11.3 Å². The maximum Gasteiger partial charge on any atom is 0.338 e. The van der Waals surface area contributed by atoms with Crippen molar-refractivity contribution in [1.29, 1.82) is 0 Å². The Morgan fingerprint density at radius 3 is 2.67 bits per heavy atom. The van der Waals surface area contributed by atoms with Crippen molar-refractivity contribution >= 4 is 38.6 Å². The van der Waals surface area contributed by atoms with E-state index in [0.29, 0.717) is 46.8 Å². The molecule has 0 spiro atoms. The highest BCUT2D eigenvalue weighted by atomic mass is 32.1. The third-order valence-electron chi connectivity index (χ3n) is 5.13. The minimum absolute atomic E-state index is 0.180. The first kappa shape index (κ1) is 22.7. The van der Waals surface area contributed by atoms with Gasteiger partial charge in [0.2, 0.25) is 5.91 Å². The molecule has 1 N–H and O–H groups in total. The number of anilines is 1. The van der Waals surface area contributed by atoms with E-state index >= 15 is 0 Å². The summed E-state index contributed by atoms with van der Waals surface area (Å²) in [6.07, 6.45) is 2.29. The van der Waals surface area contributed by atoms with Crippen molar-refractivity contribution in [2.24, 2.45) is 0 Å². The topological polar surface area (TPSA) is 94.3 Å². The molecule has 0 atom stereocenters. The number of amides is 1. The second-order valence-corrected chi connectivity index (χ2v) is 8.90. The summed E-state index contributed by atoms with van der Waals surface area (Å²) in [5.74, 6) is 1.11. The first-order valence-electron chi connectivity index (χ1n) is 10.9. The lowest BCUT2D eigenvalue weighted by Crippen LogP contribution is -2.12. The third-order valence-corrected chi connectivity index (χ3v) is 6.06. The Labute approximate surface area is 195 Å². The summed E-state index contributed by atoms with van der Waals surface area (Å²) >= 11 is 1.31. The quantitative estimate of drug-likeness (QED) is 0.331. The van der Waals surface area contributed by atoms with Crippen LogP contribution in [0.3, 0.4) is 0 Å². The molecule has 0 fully saturated rings. The zero-order valence-electron chi connectivity index (χ0n) is 18.8. The Bertz CT molecular complexity index is 1270. The number of rotatable bonds is 8. The summed E-state index contributed by atoms with van der Waals surface area (Å²) in [4.78, 5) is 33.0. The smallest absolute Gasteiger partial charge is 0.338 e. The van der Waals surface area contributed by atoms with E-state index in [9.17, 15) is 9.59 Å². The number of ether oxygens (including phenoxy) is 1.